The van der Waals surface area contributed by atoms with Gasteiger partial charge in [-0.25, -0.2) is 9.98 Å². The Morgan fingerprint density at radius 3 is 2.11 bits per heavy atom. The fourth-order valence-corrected chi connectivity index (χ4v) is 4.34. The van der Waals surface area contributed by atoms with Crippen molar-refractivity contribution in [2.75, 3.05) is 0 Å². The number of aryl methyl sites for hydroxylation is 1. The molecule has 180 valence electrons. The van der Waals surface area contributed by atoms with E-state index in [1.807, 2.05) is 24.3 Å². The fourth-order valence-electron chi connectivity index (χ4n) is 4.34. The molecule has 4 aromatic carbocycles. The quantitative estimate of drug-likeness (QED) is 0.269. The van der Waals surface area contributed by atoms with E-state index in [2.05, 4.69) is 116 Å². The van der Waals surface area contributed by atoms with Gasteiger partial charge in [0.15, 0.2) is 6.17 Å². The largest absolute Gasteiger partial charge is 0.324 e. The van der Waals surface area contributed by atoms with Crippen molar-refractivity contribution in [2.24, 2.45) is 9.98 Å². The van der Waals surface area contributed by atoms with Crippen molar-refractivity contribution in [1.82, 2.24) is 5.32 Å². The predicted molar refractivity (Wildman–Crippen MR) is 157 cm³/mol. The van der Waals surface area contributed by atoms with Crippen molar-refractivity contribution in [3.63, 3.8) is 0 Å². The van der Waals surface area contributed by atoms with Crippen LogP contribution in [0.4, 0.5) is 0 Å². The Bertz CT molecular complexity index is 1540. The van der Waals surface area contributed by atoms with E-state index in [-0.39, 0.29) is 6.17 Å². The summed E-state index contributed by atoms with van der Waals surface area (Å²) >= 11 is 0. The number of nitrogens with zero attached hydrogens (tertiary/aromatic N) is 2. The molecular formula is C34H29N3. The van der Waals surface area contributed by atoms with E-state index in [0.717, 1.165) is 45.1 Å². The van der Waals surface area contributed by atoms with Gasteiger partial charge >= 0.3 is 0 Å². The van der Waals surface area contributed by atoms with Gasteiger partial charge in [0, 0.05) is 11.1 Å². The van der Waals surface area contributed by atoms with Crippen LogP contribution in [0.15, 0.2) is 144 Å². The van der Waals surface area contributed by atoms with Crippen LogP contribution in [0.5, 0.6) is 0 Å². The maximum atomic E-state index is 5.07. The molecule has 1 atom stereocenters. The minimum Gasteiger partial charge on any atom is -0.324 e. The van der Waals surface area contributed by atoms with Crippen LogP contribution in [0, 0.1) is 6.92 Å². The highest BCUT2D eigenvalue weighted by Gasteiger charge is 2.21. The smallest absolute Gasteiger partial charge is 0.169 e. The molecule has 3 heteroatoms. The molecular weight excluding hydrogens is 450 g/mol. The van der Waals surface area contributed by atoms with Crippen molar-refractivity contribution in [2.45, 2.75) is 13.1 Å². The van der Waals surface area contributed by atoms with Gasteiger partial charge in [0.25, 0.3) is 0 Å². The average Bonchev–Trinajstić information content (AvgIpc) is 2.96. The molecule has 1 heterocycles. The molecule has 4 aromatic rings. The van der Waals surface area contributed by atoms with Gasteiger partial charge in [-0.1, -0.05) is 122 Å². The van der Waals surface area contributed by atoms with E-state index < -0.39 is 0 Å². The summed E-state index contributed by atoms with van der Waals surface area (Å²) < 4.78 is 0. The first-order valence-corrected chi connectivity index (χ1v) is 12.3. The molecule has 0 bridgehead atoms. The summed E-state index contributed by atoms with van der Waals surface area (Å²) in [5.74, 6) is 1.60. The first-order valence-electron chi connectivity index (χ1n) is 12.3. The fraction of sp³-hybridized carbons (Fsp3) is 0.0588. The molecule has 1 N–H and O–H groups in total. The summed E-state index contributed by atoms with van der Waals surface area (Å²) in [4.78, 5) is 10.1. The van der Waals surface area contributed by atoms with Crippen LogP contribution in [0.1, 0.15) is 34.0 Å². The maximum Gasteiger partial charge on any atom is 0.169 e. The summed E-state index contributed by atoms with van der Waals surface area (Å²) in [7, 11) is 0. The van der Waals surface area contributed by atoms with Crippen molar-refractivity contribution in [1.29, 1.82) is 0 Å². The molecule has 1 unspecified atom stereocenters. The molecule has 1 aliphatic heterocycles. The highest BCUT2D eigenvalue weighted by molar-refractivity contribution is 6.16. The maximum absolute atomic E-state index is 5.07. The van der Waals surface area contributed by atoms with E-state index >= 15 is 0 Å². The number of hydrogen-bond acceptors (Lipinski definition) is 3. The first-order chi connectivity index (χ1) is 18.1. The Kier molecular flexibility index (Phi) is 7.05. The van der Waals surface area contributed by atoms with E-state index in [9.17, 15) is 0 Å². The third kappa shape index (κ3) is 5.57. The Labute approximate surface area is 219 Å². The molecule has 0 amide bonds. The monoisotopic (exact) mass is 479 g/mol. The molecule has 3 nitrogen and oxygen atoms in total. The number of aliphatic imine (C=N–C) groups is 2. The normalized spacial score (nSPS) is 15.0. The zero-order valence-electron chi connectivity index (χ0n) is 20.9. The lowest BCUT2D eigenvalue weighted by Crippen LogP contribution is -2.36. The SMILES string of the molecule is C=C/C=C\C(=C)c1cccc(C2N=C(c3cccc(C)c3)NC(c3cccc(-c4ccccc4)c3)=N2)c1. The van der Waals surface area contributed by atoms with E-state index in [0.29, 0.717) is 0 Å². The Morgan fingerprint density at radius 2 is 1.38 bits per heavy atom. The van der Waals surface area contributed by atoms with Crippen molar-refractivity contribution in [3.8, 4) is 11.1 Å². The van der Waals surface area contributed by atoms with Gasteiger partial charge in [0.1, 0.15) is 11.7 Å². The van der Waals surface area contributed by atoms with Crippen LogP contribution >= 0.6 is 0 Å². The Hall–Kier alpha value is -4.76. The zero-order chi connectivity index (χ0) is 25.6. The number of nitrogens with one attached hydrogen (secondary N) is 1. The van der Waals surface area contributed by atoms with Gasteiger partial charge in [-0.2, -0.15) is 0 Å². The third-order valence-electron chi connectivity index (χ3n) is 6.26. The lowest BCUT2D eigenvalue weighted by atomic mass is 10.0. The number of allylic oxidation sites excluding steroid dienone is 4. The highest BCUT2D eigenvalue weighted by Crippen LogP contribution is 2.28. The van der Waals surface area contributed by atoms with Crippen LogP contribution in [0.3, 0.4) is 0 Å². The highest BCUT2D eigenvalue weighted by atomic mass is 15.2. The third-order valence-corrected chi connectivity index (χ3v) is 6.26. The van der Waals surface area contributed by atoms with Gasteiger partial charge < -0.3 is 5.32 Å². The summed E-state index contributed by atoms with van der Waals surface area (Å²) in [5, 5.41) is 3.52. The summed E-state index contributed by atoms with van der Waals surface area (Å²) in [6.45, 7) is 10.0. The van der Waals surface area contributed by atoms with Crippen molar-refractivity contribution < 1.29 is 0 Å². The van der Waals surface area contributed by atoms with Crippen LogP contribution in [-0.4, -0.2) is 11.7 Å². The second-order valence-electron chi connectivity index (χ2n) is 9.02. The number of hydrogen-bond donors (Lipinski definition) is 1. The van der Waals surface area contributed by atoms with Crippen LogP contribution in [0.25, 0.3) is 16.7 Å². The van der Waals surface area contributed by atoms with Gasteiger partial charge in [-0.05, 0) is 52.9 Å². The molecule has 37 heavy (non-hydrogen) atoms. The second kappa shape index (κ2) is 10.9. The minimum atomic E-state index is -0.386. The molecule has 0 radical (unpaired) electrons. The predicted octanol–water partition coefficient (Wildman–Crippen LogP) is 7.91. The van der Waals surface area contributed by atoms with Gasteiger partial charge in [0.2, 0.25) is 0 Å². The number of benzene rings is 4. The molecule has 0 fully saturated rings. The topological polar surface area (TPSA) is 36.8 Å². The standard InChI is InChI=1S/C34H29N3/c1-4-5-13-25(3)27-16-10-19-30(22-27)33-35-32(29-18-9-12-24(2)21-29)36-34(37-33)31-20-11-17-28(23-31)26-14-7-6-8-15-26/h4-23,33H,1,3H2,2H3,(H,35,36,37)/b13-5-. The van der Waals surface area contributed by atoms with Crippen LogP contribution in [-0.2, 0) is 0 Å². The Balaban J connectivity index is 1.58. The van der Waals surface area contributed by atoms with Gasteiger partial charge in [-0.15, -0.1) is 0 Å². The molecule has 5 rings (SSSR count). The molecule has 1 aliphatic rings. The summed E-state index contributed by atoms with van der Waals surface area (Å²) in [5.41, 5.74) is 8.50. The molecule has 0 saturated carbocycles. The van der Waals surface area contributed by atoms with E-state index in [1.54, 1.807) is 6.08 Å². The van der Waals surface area contributed by atoms with E-state index in [1.165, 1.54) is 11.1 Å². The lowest BCUT2D eigenvalue weighted by Gasteiger charge is -2.23. The van der Waals surface area contributed by atoms with Gasteiger partial charge in [-0.3, -0.25) is 0 Å². The number of amidine groups is 2. The molecule has 0 aromatic heterocycles. The number of rotatable bonds is 7. The molecule has 0 spiro atoms. The summed E-state index contributed by atoms with van der Waals surface area (Å²) in [6, 6.07) is 35.5. The Morgan fingerprint density at radius 1 is 0.730 bits per heavy atom. The summed E-state index contributed by atoms with van der Waals surface area (Å²) in [6.07, 6.45) is 5.21. The first kappa shape index (κ1) is 24.0. The van der Waals surface area contributed by atoms with Gasteiger partial charge in [0.05, 0.1) is 0 Å². The van der Waals surface area contributed by atoms with Crippen molar-refractivity contribution >= 4 is 17.2 Å². The zero-order valence-corrected chi connectivity index (χ0v) is 20.9. The van der Waals surface area contributed by atoms with Crippen LogP contribution in [0.2, 0.25) is 0 Å². The van der Waals surface area contributed by atoms with E-state index in [4.69, 9.17) is 9.98 Å². The molecule has 0 aliphatic carbocycles. The second-order valence-corrected chi connectivity index (χ2v) is 9.02. The van der Waals surface area contributed by atoms with Crippen molar-refractivity contribution in [3.05, 3.63) is 162 Å². The molecule has 0 saturated heterocycles. The minimum absolute atomic E-state index is 0.386. The average molecular weight is 480 g/mol. The van der Waals surface area contributed by atoms with Crippen LogP contribution < -0.4 is 5.32 Å². The lowest BCUT2D eigenvalue weighted by molar-refractivity contribution is 0.755.